The maximum atomic E-state index is 12.5. The summed E-state index contributed by atoms with van der Waals surface area (Å²) in [5.74, 6) is 0.787. The summed E-state index contributed by atoms with van der Waals surface area (Å²) in [7, 11) is 0. The monoisotopic (exact) mass is 257 g/mol. The topological polar surface area (TPSA) is 55.0 Å². The van der Waals surface area contributed by atoms with E-state index >= 15 is 0 Å². The highest BCUT2D eigenvalue weighted by Gasteiger charge is 2.40. The molecule has 0 bridgehead atoms. The van der Waals surface area contributed by atoms with Gasteiger partial charge in [-0.15, -0.1) is 0 Å². The predicted octanol–water partition coefficient (Wildman–Crippen LogP) is 0.868. The van der Waals surface area contributed by atoms with Crippen molar-refractivity contribution in [3.05, 3.63) is 40.4 Å². The third-order valence-corrected chi connectivity index (χ3v) is 3.45. The molecule has 1 fully saturated rings. The minimum Gasteiger partial charge on any atom is -0.298 e. The van der Waals surface area contributed by atoms with Gasteiger partial charge in [0.05, 0.1) is 17.4 Å². The second kappa shape index (κ2) is 4.19. The Hall–Kier alpha value is -2.17. The van der Waals surface area contributed by atoms with E-state index in [1.54, 1.807) is 22.7 Å². The van der Waals surface area contributed by atoms with E-state index in [4.69, 9.17) is 0 Å². The van der Waals surface area contributed by atoms with E-state index in [1.165, 1.54) is 0 Å². The summed E-state index contributed by atoms with van der Waals surface area (Å²) in [5, 5.41) is 2.37. The molecule has 0 amide bonds. The average molecular weight is 257 g/mol. The van der Waals surface area contributed by atoms with Gasteiger partial charge in [-0.25, -0.2) is 9.66 Å². The highest BCUT2D eigenvalue weighted by molar-refractivity contribution is 5.87. The molecule has 3 rings (SSSR count). The quantitative estimate of drug-likeness (QED) is 0.766. The number of carbonyl (C=O) groups excluding carboxylic acids is 1. The molecule has 5 heteroatoms. The van der Waals surface area contributed by atoms with E-state index in [1.807, 2.05) is 25.1 Å². The molecule has 1 saturated heterocycles. The van der Waals surface area contributed by atoms with Gasteiger partial charge in [-0.1, -0.05) is 19.1 Å². The van der Waals surface area contributed by atoms with Crippen LogP contribution in [0.3, 0.4) is 0 Å². The van der Waals surface area contributed by atoms with Gasteiger partial charge in [0.25, 0.3) is 5.56 Å². The van der Waals surface area contributed by atoms with Crippen LogP contribution in [0.15, 0.2) is 29.1 Å². The highest BCUT2D eigenvalue weighted by Crippen LogP contribution is 2.18. The number of ketones is 1. The lowest BCUT2D eigenvalue weighted by molar-refractivity contribution is -0.116. The fourth-order valence-electron chi connectivity index (χ4n) is 2.35. The molecule has 0 spiro atoms. The Morgan fingerprint density at radius 1 is 1.42 bits per heavy atom. The number of hydrogen-bond acceptors (Lipinski definition) is 4. The van der Waals surface area contributed by atoms with Gasteiger partial charge in [0.1, 0.15) is 11.9 Å². The molecule has 2 heterocycles. The first-order chi connectivity index (χ1) is 9.13. The SMILES string of the molecule is CCc1nc2ccccc2c(=O)n1N1CC1C(C)=O. The Bertz CT molecular complexity index is 720. The van der Waals surface area contributed by atoms with E-state index in [0.717, 1.165) is 0 Å². The number of hydrogen-bond donors (Lipinski definition) is 0. The molecule has 2 aromatic rings. The fraction of sp³-hybridized carbons (Fsp3) is 0.357. The van der Waals surface area contributed by atoms with E-state index in [-0.39, 0.29) is 17.4 Å². The number of benzene rings is 1. The lowest BCUT2D eigenvalue weighted by Gasteiger charge is -2.14. The Morgan fingerprint density at radius 2 is 2.16 bits per heavy atom. The van der Waals surface area contributed by atoms with E-state index in [0.29, 0.717) is 29.7 Å². The summed E-state index contributed by atoms with van der Waals surface area (Å²) in [5.41, 5.74) is 0.619. The average Bonchev–Trinajstić information content (AvgIpc) is 3.18. The maximum absolute atomic E-state index is 12.5. The van der Waals surface area contributed by atoms with Gasteiger partial charge >= 0.3 is 0 Å². The zero-order chi connectivity index (χ0) is 13.6. The molecule has 1 atom stereocenters. The van der Waals surface area contributed by atoms with Crippen molar-refractivity contribution in [2.75, 3.05) is 11.6 Å². The molecule has 1 aromatic heterocycles. The lowest BCUT2D eigenvalue weighted by atomic mass is 10.2. The Kier molecular flexibility index (Phi) is 2.62. The van der Waals surface area contributed by atoms with Crippen molar-refractivity contribution in [2.45, 2.75) is 26.3 Å². The van der Waals surface area contributed by atoms with Gasteiger partial charge in [-0.3, -0.25) is 14.6 Å². The molecular weight excluding hydrogens is 242 g/mol. The maximum Gasteiger partial charge on any atom is 0.280 e. The smallest absolute Gasteiger partial charge is 0.280 e. The highest BCUT2D eigenvalue weighted by atomic mass is 16.2. The molecule has 0 saturated carbocycles. The number of fused-ring (bicyclic) bond motifs is 1. The van der Waals surface area contributed by atoms with Gasteiger partial charge in [0.2, 0.25) is 0 Å². The van der Waals surface area contributed by atoms with Crippen LogP contribution in [-0.4, -0.2) is 28.0 Å². The predicted molar refractivity (Wildman–Crippen MR) is 72.9 cm³/mol. The number of aromatic nitrogens is 2. The number of Topliss-reactive ketones (excluding diaryl/α,β-unsaturated/α-hetero) is 1. The van der Waals surface area contributed by atoms with E-state index < -0.39 is 0 Å². The zero-order valence-electron chi connectivity index (χ0n) is 11.0. The molecule has 1 unspecified atom stereocenters. The van der Waals surface area contributed by atoms with Crippen LogP contribution in [0.1, 0.15) is 19.7 Å². The largest absolute Gasteiger partial charge is 0.298 e. The van der Waals surface area contributed by atoms with Gasteiger partial charge in [0.15, 0.2) is 5.78 Å². The Labute approximate surface area is 110 Å². The minimum atomic E-state index is -0.175. The third-order valence-electron chi connectivity index (χ3n) is 3.45. The van der Waals surface area contributed by atoms with E-state index in [9.17, 15) is 9.59 Å². The first kappa shape index (κ1) is 11.9. The molecule has 98 valence electrons. The number of carbonyl (C=O) groups is 1. The molecule has 1 aliphatic rings. The van der Waals surface area contributed by atoms with Crippen molar-refractivity contribution in [3.63, 3.8) is 0 Å². The van der Waals surface area contributed by atoms with Crippen LogP contribution in [-0.2, 0) is 11.2 Å². The van der Waals surface area contributed by atoms with Gasteiger partial charge < -0.3 is 0 Å². The van der Waals surface area contributed by atoms with Crippen molar-refractivity contribution in [2.24, 2.45) is 0 Å². The normalized spacial score (nSPS) is 17.8. The Morgan fingerprint density at radius 3 is 2.79 bits per heavy atom. The molecule has 5 nitrogen and oxygen atoms in total. The fourth-order valence-corrected chi connectivity index (χ4v) is 2.35. The van der Waals surface area contributed by atoms with Crippen LogP contribution in [0.25, 0.3) is 10.9 Å². The van der Waals surface area contributed by atoms with Crippen LogP contribution in [0.4, 0.5) is 0 Å². The van der Waals surface area contributed by atoms with Crippen molar-refractivity contribution in [3.8, 4) is 0 Å². The summed E-state index contributed by atoms with van der Waals surface area (Å²) < 4.78 is 1.56. The van der Waals surface area contributed by atoms with Crippen LogP contribution < -0.4 is 10.6 Å². The second-order valence-corrected chi connectivity index (χ2v) is 4.76. The van der Waals surface area contributed by atoms with Gasteiger partial charge in [-0.05, 0) is 19.1 Å². The number of nitrogens with zero attached hydrogens (tertiary/aromatic N) is 3. The summed E-state index contributed by atoms with van der Waals surface area (Å²) in [6, 6.07) is 7.13. The molecule has 0 radical (unpaired) electrons. The number of rotatable bonds is 3. The first-order valence-electron chi connectivity index (χ1n) is 6.41. The Balaban J connectivity index is 2.21. The van der Waals surface area contributed by atoms with Crippen LogP contribution in [0.2, 0.25) is 0 Å². The van der Waals surface area contributed by atoms with Crippen LogP contribution in [0.5, 0.6) is 0 Å². The van der Waals surface area contributed by atoms with Gasteiger partial charge in [-0.2, -0.15) is 0 Å². The molecular formula is C14H15N3O2. The van der Waals surface area contributed by atoms with Crippen LogP contribution >= 0.6 is 0 Å². The minimum absolute atomic E-state index is 0.0853. The zero-order valence-corrected chi connectivity index (χ0v) is 11.0. The summed E-state index contributed by atoms with van der Waals surface area (Å²) >= 11 is 0. The molecule has 0 aliphatic carbocycles. The molecule has 1 aromatic carbocycles. The van der Waals surface area contributed by atoms with Crippen molar-refractivity contribution in [1.29, 1.82) is 0 Å². The van der Waals surface area contributed by atoms with Crippen molar-refractivity contribution >= 4 is 16.7 Å². The summed E-state index contributed by atoms with van der Waals surface area (Å²) in [6.07, 6.45) is 0.654. The third kappa shape index (κ3) is 1.82. The number of para-hydroxylation sites is 1. The first-order valence-corrected chi connectivity index (χ1v) is 6.41. The van der Waals surface area contributed by atoms with E-state index in [2.05, 4.69) is 4.98 Å². The second-order valence-electron chi connectivity index (χ2n) is 4.76. The van der Waals surface area contributed by atoms with Gasteiger partial charge in [0, 0.05) is 6.42 Å². The lowest BCUT2D eigenvalue weighted by Crippen LogP contribution is -2.34. The van der Waals surface area contributed by atoms with Crippen molar-refractivity contribution in [1.82, 2.24) is 9.66 Å². The molecule has 19 heavy (non-hydrogen) atoms. The summed E-state index contributed by atoms with van der Waals surface area (Å²) in [6.45, 7) is 4.11. The van der Waals surface area contributed by atoms with Crippen molar-refractivity contribution < 1.29 is 4.79 Å². The molecule has 1 aliphatic heterocycles. The van der Waals surface area contributed by atoms with Crippen LogP contribution in [0, 0.1) is 0 Å². The molecule has 0 N–H and O–H groups in total. The summed E-state index contributed by atoms with van der Waals surface area (Å²) in [4.78, 5) is 28.4. The standard InChI is InChI=1S/C14H15N3O2/c1-3-13-15-11-7-5-4-6-10(11)14(19)17(13)16-8-12(16)9(2)18/h4-7,12H,3,8H2,1-2H3. The number of aryl methyl sites for hydroxylation is 1.